The van der Waals surface area contributed by atoms with Gasteiger partial charge in [-0.25, -0.2) is 4.68 Å². The molecule has 1 aliphatic rings. The van der Waals surface area contributed by atoms with E-state index in [4.69, 9.17) is 4.74 Å². The highest BCUT2D eigenvalue weighted by atomic mass is 16.5. The number of aromatic nitrogens is 8. The van der Waals surface area contributed by atoms with Gasteiger partial charge in [-0.3, -0.25) is 9.78 Å². The first kappa shape index (κ1) is 20.9. The molecule has 4 rings (SSSR count). The van der Waals surface area contributed by atoms with Crippen molar-refractivity contribution >= 4 is 5.97 Å². The van der Waals surface area contributed by atoms with Crippen LogP contribution in [0.5, 0.6) is 5.75 Å². The number of carbonyl (C=O) groups is 1. The Kier molecular flexibility index (Phi) is 6.19. The molecule has 0 aromatic carbocycles. The molecule has 0 bridgehead atoms. The second kappa shape index (κ2) is 9.19. The summed E-state index contributed by atoms with van der Waals surface area (Å²) in [7, 11) is 1.81. The number of carboxylic acid groups (broad SMARTS) is 1. The first-order valence-electron chi connectivity index (χ1n) is 10.5. The minimum atomic E-state index is -0.749. The fraction of sp³-hybridized carbons (Fsp3) is 0.550. The van der Waals surface area contributed by atoms with Gasteiger partial charge in [-0.1, -0.05) is 12.1 Å². The third-order valence-electron chi connectivity index (χ3n) is 5.46. The monoisotopic (exact) mass is 426 g/mol. The van der Waals surface area contributed by atoms with Gasteiger partial charge in [-0.2, -0.15) is 4.80 Å². The molecule has 11 nitrogen and oxygen atoms in total. The average molecular weight is 426 g/mol. The number of rotatable bonds is 8. The van der Waals surface area contributed by atoms with E-state index in [0.29, 0.717) is 42.3 Å². The van der Waals surface area contributed by atoms with E-state index in [0.717, 1.165) is 31.4 Å². The number of hydrogen-bond acceptors (Lipinski definition) is 8. The van der Waals surface area contributed by atoms with E-state index in [2.05, 4.69) is 37.6 Å². The molecular weight excluding hydrogens is 400 g/mol. The topological polar surface area (TPSA) is 134 Å². The number of aliphatic carboxylic acids is 1. The van der Waals surface area contributed by atoms with Crippen LogP contribution in [-0.4, -0.2) is 57.4 Å². The van der Waals surface area contributed by atoms with Crippen molar-refractivity contribution in [2.45, 2.75) is 58.1 Å². The van der Waals surface area contributed by atoms with Crippen molar-refractivity contribution in [2.24, 2.45) is 13.0 Å². The Morgan fingerprint density at radius 2 is 2.13 bits per heavy atom. The highest BCUT2D eigenvalue weighted by Crippen LogP contribution is 2.28. The number of tetrazole rings is 1. The third kappa shape index (κ3) is 4.86. The maximum atomic E-state index is 11.3. The molecule has 0 spiro atoms. The molecule has 1 saturated carbocycles. The van der Waals surface area contributed by atoms with Crippen molar-refractivity contribution in [3.05, 3.63) is 29.8 Å². The van der Waals surface area contributed by atoms with Gasteiger partial charge in [-0.05, 0) is 49.5 Å². The SMILES string of the molecule is CCCc1nnn(Cc2c(-c3ccc(O[C@H]4CCC[C@H](C(=O)O)C4)cn3)nnn2C)n1. The Bertz CT molecular complexity index is 1030. The van der Waals surface area contributed by atoms with E-state index >= 15 is 0 Å². The zero-order valence-electron chi connectivity index (χ0n) is 17.7. The van der Waals surface area contributed by atoms with E-state index in [1.54, 1.807) is 10.9 Å². The summed E-state index contributed by atoms with van der Waals surface area (Å²) in [6, 6.07) is 3.66. The van der Waals surface area contributed by atoms with Crippen LogP contribution in [0.15, 0.2) is 18.3 Å². The molecule has 0 unspecified atom stereocenters. The first-order valence-corrected chi connectivity index (χ1v) is 10.5. The molecule has 1 fully saturated rings. The second-order valence-electron chi connectivity index (χ2n) is 7.82. The lowest BCUT2D eigenvalue weighted by Gasteiger charge is -2.27. The van der Waals surface area contributed by atoms with Gasteiger partial charge in [0.15, 0.2) is 5.82 Å². The van der Waals surface area contributed by atoms with Crippen LogP contribution < -0.4 is 4.74 Å². The Morgan fingerprint density at radius 1 is 1.26 bits per heavy atom. The van der Waals surface area contributed by atoms with E-state index in [1.807, 2.05) is 19.2 Å². The molecule has 0 aliphatic heterocycles. The van der Waals surface area contributed by atoms with Crippen molar-refractivity contribution in [2.75, 3.05) is 0 Å². The Morgan fingerprint density at radius 3 is 2.87 bits per heavy atom. The zero-order valence-corrected chi connectivity index (χ0v) is 17.7. The minimum absolute atomic E-state index is 0.106. The molecule has 31 heavy (non-hydrogen) atoms. The maximum absolute atomic E-state index is 11.3. The fourth-order valence-electron chi connectivity index (χ4n) is 3.81. The predicted molar refractivity (Wildman–Crippen MR) is 109 cm³/mol. The number of nitrogens with zero attached hydrogens (tertiary/aromatic N) is 8. The molecule has 2 atom stereocenters. The molecule has 164 valence electrons. The summed E-state index contributed by atoms with van der Waals surface area (Å²) in [5.74, 6) is 0.246. The van der Waals surface area contributed by atoms with Crippen molar-refractivity contribution in [3.8, 4) is 17.1 Å². The fourth-order valence-corrected chi connectivity index (χ4v) is 3.81. The molecule has 0 radical (unpaired) electrons. The molecule has 1 N–H and O–H groups in total. The summed E-state index contributed by atoms with van der Waals surface area (Å²) < 4.78 is 7.66. The largest absolute Gasteiger partial charge is 0.489 e. The molecule has 11 heteroatoms. The summed E-state index contributed by atoms with van der Waals surface area (Å²) >= 11 is 0. The smallest absolute Gasteiger partial charge is 0.306 e. The van der Waals surface area contributed by atoms with Gasteiger partial charge in [0.05, 0.1) is 29.6 Å². The normalized spacial score (nSPS) is 18.8. The van der Waals surface area contributed by atoms with Gasteiger partial charge in [0.2, 0.25) is 0 Å². The number of pyridine rings is 1. The Balaban J connectivity index is 1.46. The molecule has 3 aromatic rings. The molecule has 0 saturated heterocycles. The molecule has 3 heterocycles. The quantitative estimate of drug-likeness (QED) is 0.573. The van der Waals surface area contributed by atoms with Crippen LogP contribution in [0.2, 0.25) is 0 Å². The van der Waals surface area contributed by atoms with E-state index < -0.39 is 5.97 Å². The van der Waals surface area contributed by atoms with Gasteiger partial charge in [0.25, 0.3) is 0 Å². The van der Waals surface area contributed by atoms with E-state index in [-0.39, 0.29) is 12.0 Å². The number of aryl methyl sites for hydroxylation is 2. The van der Waals surface area contributed by atoms with Crippen LogP contribution in [0.25, 0.3) is 11.4 Å². The van der Waals surface area contributed by atoms with Gasteiger partial charge in [0.1, 0.15) is 18.0 Å². The lowest BCUT2D eigenvalue weighted by Crippen LogP contribution is -2.29. The van der Waals surface area contributed by atoms with Gasteiger partial charge in [0, 0.05) is 13.5 Å². The lowest BCUT2D eigenvalue weighted by atomic mass is 9.87. The van der Waals surface area contributed by atoms with Crippen LogP contribution in [0, 0.1) is 5.92 Å². The lowest BCUT2D eigenvalue weighted by molar-refractivity contribution is -0.143. The Labute approximate surface area is 179 Å². The predicted octanol–water partition coefficient (Wildman–Crippen LogP) is 1.89. The highest BCUT2D eigenvalue weighted by molar-refractivity contribution is 5.70. The molecule has 0 amide bonds. The number of ether oxygens (including phenoxy) is 1. The van der Waals surface area contributed by atoms with E-state index in [9.17, 15) is 9.90 Å². The standard InChI is InChI=1S/C20H26N8O3/c1-3-5-18-22-26-28(24-18)12-17-19(23-25-27(17)2)16-9-8-15(11-21-16)31-14-7-4-6-13(10-14)20(29)30/h8-9,11,13-14H,3-7,10,12H2,1-2H3,(H,29,30)/t13-,14-/m0/s1. The van der Waals surface area contributed by atoms with Crippen LogP contribution in [0.3, 0.4) is 0 Å². The Hall–Kier alpha value is -3.37. The highest BCUT2D eigenvalue weighted by Gasteiger charge is 2.28. The van der Waals surface area contributed by atoms with Crippen molar-refractivity contribution in [1.82, 2.24) is 40.2 Å². The number of carboxylic acids is 1. The van der Waals surface area contributed by atoms with Crippen LogP contribution in [-0.2, 0) is 24.8 Å². The summed E-state index contributed by atoms with van der Waals surface area (Å²) in [5.41, 5.74) is 2.13. The van der Waals surface area contributed by atoms with Crippen molar-refractivity contribution in [1.29, 1.82) is 0 Å². The molecule has 1 aliphatic carbocycles. The molecular formula is C20H26N8O3. The maximum Gasteiger partial charge on any atom is 0.306 e. The second-order valence-corrected chi connectivity index (χ2v) is 7.82. The van der Waals surface area contributed by atoms with E-state index in [1.165, 1.54) is 4.80 Å². The summed E-state index contributed by atoms with van der Waals surface area (Å²) in [6.45, 7) is 2.45. The van der Waals surface area contributed by atoms with Crippen LogP contribution >= 0.6 is 0 Å². The number of hydrogen-bond donors (Lipinski definition) is 1. The first-order chi connectivity index (χ1) is 15.0. The van der Waals surface area contributed by atoms with Gasteiger partial charge >= 0.3 is 5.97 Å². The van der Waals surface area contributed by atoms with Gasteiger partial charge < -0.3 is 9.84 Å². The van der Waals surface area contributed by atoms with Crippen molar-refractivity contribution in [3.63, 3.8) is 0 Å². The molecule has 3 aromatic heterocycles. The average Bonchev–Trinajstić information content (AvgIpc) is 3.36. The summed E-state index contributed by atoms with van der Waals surface area (Å²) in [6.07, 6.45) is 6.22. The van der Waals surface area contributed by atoms with Gasteiger partial charge in [-0.15, -0.1) is 15.3 Å². The summed E-state index contributed by atoms with van der Waals surface area (Å²) in [4.78, 5) is 17.3. The zero-order chi connectivity index (χ0) is 21.8. The summed E-state index contributed by atoms with van der Waals surface area (Å²) in [5, 5.41) is 30.2. The third-order valence-corrected chi connectivity index (χ3v) is 5.46. The minimum Gasteiger partial charge on any atom is -0.489 e. The van der Waals surface area contributed by atoms with Crippen molar-refractivity contribution < 1.29 is 14.6 Å². The van der Waals surface area contributed by atoms with Crippen LogP contribution in [0.4, 0.5) is 0 Å². The van der Waals surface area contributed by atoms with Crippen LogP contribution in [0.1, 0.15) is 50.5 Å².